The van der Waals surface area contributed by atoms with E-state index in [1.165, 1.54) is 0 Å². The van der Waals surface area contributed by atoms with Crippen molar-refractivity contribution in [3.05, 3.63) is 34.3 Å². The molecule has 0 saturated carbocycles. The highest BCUT2D eigenvalue weighted by atomic mass is 79.9. The van der Waals surface area contributed by atoms with E-state index in [0.717, 1.165) is 17.6 Å². The van der Waals surface area contributed by atoms with Crippen molar-refractivity contribution >= 4 is 21.8 Å². The fraction of sp³-hybridized carbons (Fsp3) is 0.467. The number of hydrogen-bond donors (Lipinski definition) is 0. The van der Waals surface area contributed by atoms with Gasteiger partial charge in [0.2, 0.25) is 0 Å². The summed E-state index contributed by atoms with van der Waals surface area (Å²) in [6.45, 7) is 6.63. The predicted molar refractivity (Wildman–Crippen MR) is 81.3 cm³/mol. The molecule has 0 N–H and O–H groups in total. The van der Waals surface area contributed by atoms with Gasteiger partial charge in [-0.1, -0.05) is 22.0 Å². The van der Waals surface area contributed by atoms with Gasteiger partial charge in [0, 0.05) is 36.2 Å². The van der Waals surface area contributed by atoms with Gasteiger partial charge in [-0.25, -0.2) is 0 Å². The van der Waals surface area contributed by atoms with Crippen LogP contribution >= 0.6 is 15.9 Å². The van der Waals surface area contributed by atoms with Crippen molar-refractivity contribution in [2.45, 2.75) is 19.4 Å². The first-order chi connectivity index (χ1) is 9.44. The Morgan fingerprint density at radius 3 is 2.50 bits per heavy atom. The van der Waals surface area contributed by atoms with Gasteiger partial charge >= 0.3 is 0 Å². The van der Waals surface area contributed by atoms with Gasteiger partial charge in [-0.15, -0.1) is 0 Å². The Hall–Kier alpha value is -1.38. The Morgan fingerprint density at radius 2 is 1.95 bits per heavy atom. The van der Waals surface area contributed by atoms with E-state index in [2.05, 4.69) is 26.9 Å². The summed E-state index contributed by atoms with van der Waals surface area (Å²) >= 11 is 3.38. The molecule has 0 spiro atoms. The number of hydrogen-bond acceptors (Lipinski definition) is 3. The molecule has 2 rings (SSSR count). The Morgan fingerprint density at radius 1 is 1.30 bits per heavy atom. The molecule has 1 saturated heterocycles. The largest absolute Gasteiger partial charge is 0.336 e. The maximum Gasteiger partial charge on any atom is 0.253 e. The summed E-state index contributed by atoms with van der Waals surface area (Å²) in [7, 11) is 0. The first-order valence-corrected chi connectivity index (χ1v) is 7.44. The summed E-state index contributed by atoms with van der Waals surface area (Å²) in [5, 5.41) is 9.15. The molecule has 4 nitrogen and oxygen atoms in total. The van der Waals surface area contributed by atoms with E-state index in [4.69, 9.17) is 5.26 Å². The number of benzene rings is 1. The van der Waals surface area contributed by atoms with Crippen molar-refractivity contribution in [3.8, 4) is 6.07 Å². The summed E-state index contributed by atoms with van der Waals surface area (Å²) in [6, 6.07) is 9.76. The first kappa shape index (κ1) is 15.0. The topological polar surface area (TPSA) is 47.3 Å². The summed E-state index contributed by atoms with van der Waals surface area (Å²) in [5.41, 5.74) is 0.234. The number of amides is 1. The number of rotatable bonds is 2. The van der Waals surface area contributed by atoms with Crippen LogP contribution in [0.15, 0.2) is 28.7 Å². The lowest BCUT2D eigenvalue weighted by Gasteiger charge is -2.40. The first-order valence-electron chi connectivity index (χ1n) is 6.65. The molecule has 1 aliphatic rings. The molecule has 1 aromatic rings. The lowest BCUT2D eigenvalue weighted by atomic mass is 10.0. The zero-order chi connectivity index (χ0) is 14.8. The molecule has 0 aromatic heterocycles. The number of halogens is 1. The lowest BCUT2D eigenvalue weighted by molar-refractivity contribution is 0.0521. The Bertz CT molecular complexity index is 542. The molecule has 5 heteroatoms. The highest BCUT2D eigenvalue weighted by Crippen LogP contribution is 2.18. The summed E-state index contributed by atoms with van der Waals surface area (Å²) in [6.07, 6.45) is 0. The SMILES string of the molecule is CC(C)(C#N)N1CCN(C(=O)c2cccc(Br)c2)CC1. The van der Waals surface area contributed by atoms with Gasteiger partial charge in [-0.05, 0) is 32.0 Å². The van der Waals surface area contributed by atoms with Gasteiger partial charge in [0.15, 0.2) is 0 Å². The highest BCUT2D eigenvalue weighted by molar-refractivity contribution is 9.10. The Labute approximate surface area is 128 Å². The molecule has 106 valence electrons. The standard InChI is InChI=1S/C15H18BrN3O/c1-15(2,11-17)19-8-6-18(7-9-19)14(20)12-4-3-5-13(16)10-12/h3-5,10H,6-9H2,1-2H3. The third kappa shape index (κ3) is 3.20. The molecule has 1 amide bonds. The van der Waals surface area contributed by atoms with Crippen LogP contribution in [-0.2, 0) is 0 Å². The summed E-state index contributed by atoms with van der Waals surface area (Å²) < 4.78 is 0.910. The molecule has 1 aliphatic heterocycles. The molecule has 0 atom stereocenters. The van der Waals surface area contributed by atoms with Crippen molar-refractivity contribution < 1.29 is 4.79 Å². The predicted octanol–water partition coefficient (Wildman–Crippen LogP) is 2.51. The fourth-order valence-electron chi connectivity index (χ4n) is 2.34. The number of nitriles is 1. The van der Waals surface area contributed by atoms with Crippen LogP contribution in [0.2, 0.25) is 0 Å². The smallest absolute Gasteiger partial charge is 0.253 e. The van der Waals surface area contributed by atoms with Crippen molar-refractivity contribution in [1.29, 1.82) is 5.26 Å². The highest BCUT2D eigenvalue weighted by Gasteiger charge is 2.31. The maximum atomic E-state index is 12.4. The third-order valence-corrected chi connectivity index (χ3v) is 4.20. The normalized spacial score (nSPS) is 16.8. The number of carbonyl (C=O) groups is 1. The summed E-state index contributed by atoms with van der Waals surface area (Å²) in [5.74, 6) is 0.0562. The van der Waals surface area contributed by atoms with Crippen LogP contribution in [0.25, 0.3) is 0 Å². The van der Waals surface area contributed by atoms with Gasteiger partial charge in [0.05, 0.1) is 6.07 Å². The maximum absolute atomic E-state index is 12.4. The van der Waals surface area contributed by atoms with Crippen molar-refractivity contribution in [2.24, 2.45) is 0 Å². The monoisotopic (exact) mass is 335 g/mol. The molecule has 0 radical (unpaired) electrons. The molecule has 0 aliphatic carbocycles. The minimum Gasteiger partial charge on any atom is -0.336 e. The van der Waals surface area contributed by atoms with E-state index >= 15 is 0 Å². The van der Waals surface area contributed by atoms with E-state index < -0.39 is 5.54 Å². The van der Waals surface area contributed by atoms with Gasteiger partial charge in [0.25, 0.3) is 5.91 Å². The van der Waals surface area contributed by atoms with E-state index in [-0.39, 0.29) is 5.91 Å². The number of piperazine rings is 1. The van der Waals surface area contributed by atoms with Crippen LogP contribution in [0.3, 0.4) is 0 Å². The second-order valence-corrected chi connectivity index (χ2v) is 6.38. The van der Waals surface area contributed by atoms with Gasteiger partial charge < -0.3 is 4.90 Å². The van der Waals surface area contributed by atoms with Crippen LogP contribution in [-0.4, -0.2) is 47.4 Å². The zero-order valence-corrected chi connectivity index (χ0v) is 13.4. The lowest BCUT2D eigenvalue weighted by Crippen LogP contribution is -2.55. The van der Waals surface area contributed by atoms with Crippen LogP contribution in [0.4, 0.5) is 0 Å². The number of carbonyl (C=O) groups excluding carboxylic acids is 1. The van der Waals surface area contributed by atoms with E-state index in [0.29, 0.717) is 18.7 Å². The van der Waals surface area contributed by atoms with Gasteiger partial charge in [-0.3, -0.25) is 9.69 Å². The number of nitrogens with zero attached hydrogens (tertiary/aromatic N) is 3. The van der Waals surface area contributed by atoms with Crippen LogP contribution in [0, 0.1) is 11.3 Å². The molecular formula is C15H18BrN3O. The molecular weight excluding hydrogens is 318 g/mol. The Balaban J connectivity index is 2.01. The third-order valence-electron chi connectivity index (χ3n) is 3.70. The van der Waals surface area contributed by atoms with Crippen molar-refractivity contribution in [1.82, 2.24) is 9.80 Å². The van der Waals surface area contributed by atoms with Crippen molar-refractivity contribution in [3.63, 3.8) is 0 Å². The Kier molecular flexibility index (Phi) is 4.46. The quantitative estimate of drug-likeness (QED) is 0.834. The molecule has 20 heavy (non-hydrogen) atoms. The molecule has 1 fully saturated rings. The van der Waals surface area contributed by atoms with Crippen LogP contribution in [0.5, 0.6) is 0 Å². The molecule has 0 bridgehead atoms. The molecule has 1 heterocycles. The van der Waals surface area contributed by atoms with Crippen molar-refractivity contribution in [2.75, 3.05) is 26.2 Å². The van der Waals surface area contributed by atoms with Crippen LogP contribution < -0.4 is 0 Å². The molecule has 1 aromatic carbocycles. The van der Waals surface area contributed by atoms with Gasteiger partial charge in [0.1, 0.15) is 5.54 Å². The van der Waals surface area contributed by atoms with Gasteiger partial charge in [-0.2, -0.15) is 5.26 Å². The van der Waals surface area contributed by atoms with E-state index in [9.17, 15) is 4.79 Å². The minimum absolute atomic E-state index is 0.0562. The fourth-order valence-corrected chi connectivity index (χ4v) is 2.74. The van der Waals surface area contributed by atoms with E-state index in [1.807, 2.05) is 43.0 Å². The second kappa shape index (κ2) is 5.94. The van der Waals surface area contributed by atoms with E-state index in [1.54, 1.807) is 0 Å². The minimum atomic E-state index is -0.467. The summed E-state index contributed by atoms with van der Waals surface area (Å²) in [4.78, 5) is 16.4. The van der Waals surface area contributed by atoms with Crippen LogP contribution in [0.1, 0.15) is 24.2 Å². The average molecular weight is 336 g/mol. The molecule has 0 unspecified atom stereocenters. The second-order valence-electron chi connectivity index (χ2n) is 5.46. The average Bonchev–Trinajstić information content (AvgIpc) is 2.46. The zero-order valence-electron chi connectivity index (χ0n) is 11.8.